The Morgan fingerprint density at radius 2 is 2.08 bits per heavy atom. The summed E-state index contributed by atoms with van der Waals surface area (Å²) in [4.78, 5) is 27.2. The van der Waals surface area contributed by atoms with Gasteiger partial charge in [-0.05, 0) is 37.7 Å². The minimum Gasteiger partial charge on any atom is -0.360 e. The number of fused-ring (bicyclic) bond motifs is 4. The summed E-state index contributed by atoms with van der Waals surface area (Å²) < 4.78 is 0. The molecule has 2 unspecified atom stereocenters. The fourth-order valence-electron chi connectivity index (χ4n) is 4.11. The van der Waals surface area contributed by atoms with Gasteiger partial charge in [-0.1, -0.05) is 24.6 Å². The number of aromatic amines is 1. The van der Waals surface area contributed by atoms with Crippen molar-refractivity contribution in [3.05, 3.63) is 26.6 Å². The molecular formula is C17H21ClN4OS2. The number of thiophene rings is 1. The molecular weight excluding hydrogens is 376 g/mol. The highest BCUT2D eigenvalue weighted by Gasteiger charge is 2.31. The number of hydrogen-bond donors (Lipinski definition) is 2. The quantitative estimate of drug-likeness (QED) is 0.816. The Kier molecular flexibility index (Phi) is 4.81. The highest BCUT2D eigenvalue weighted by atomic mass is 35.5. The Bertz CT molecular complexity index is 891. The zero-order valence-electron chi connectivity index (χ0n) is 13.8. The molecule has 0 saturated heterocycles. The summed E-state index contributed by atoms with van der Waals surface area (Å²) in [5, 5.41) is 5.40. The molecule has 2 aliphatic carbocycles. The molecule has 0 aromatic carbocycles. The minimum absolute atomic E-state index is 0. The van der Waals surface area contributed by atoms with Crippen LogP contribution in [0.15, 0.2) is 9.79 Å². The van der Waals surface area contributed by atoms with E-state index in [1.54, 1.807) is 23.1 Å². The molecule has 0 amide bonds. The second kappa shape index (κ2) is 6.93. The zero-order valence-corrected chi connectivity index (χ0v) is 16.3. The maximum Gasteiger partial charge on any atom is 0.259 e. The van der Waals surface area contributed by atoms with Crippen LogP contribution in [0, 0.1) is 0 Å². The van der Waals surface area contributed by atoms with Crippen LogP contribution < -0.4 is 10.9 Å². The number of rotatable bonds is 2. The average Bonchev–Trinajstić information content (AvgIpc) is 3.25. The summed E-state index contributed by atoms with van der Waals surface area (Å²) in [5.74, 6) is 1.43. The van der Waals surface area contributed by atoms with Crippen molar-refractivity contribution in [1.29, 1.82) is 0 Å². The van der Waals surface area contributed by atoms with E-state index in [0.29, 0.717) is 17.8 Å². The summed E-state index contributed by atoms with van der Waals surface area (Å²) in [5.41, 5.74) is 1.28. The lowest BCUT2D eigenvalue weighted by atomic mass is 9.92. The van der Waals surface area contributed by atoms with E-state index in [1.165, 1.54) is 42.5 Å². The first-order valence-electron chi connectivity index (χ1n) is 8.78. The summed E-state index contributed by atoms with van der Waals surface area (Å²) >= 11 is 3.36. The minimum atomic E-state index is 0. The molecule has 2 atom stereocenters. The van der Waals surface area contributed by atoms with Gasteiger partial charge in [0.25, 0.3) is 5.56 Å². The van der Waals surface area contributed by atoms with E-state index in [2.05, 4.69) is 10.3 Å². The van der Waals surface area contributed by atoms with Crippen molar-refractivity contribution in [3.8, 4) is 0 Å². The molecule has 0 spiro atoms. The monoisotopic (exact) mass is 396 g/mol. The Morgan fingerprint density at radius 1 is 1.20 bits per heavy atom. The number of aryl methyl sites for hydroxylation is 2. The molecule has 1 fully saturated rings. The fourth-order valence-corrected chi connectivity index (χ4v) is 6.25. The molecule has 1 aliphatic heterocycles. The molecule has 8 heteroatoms. The van der Waals surface area contributed by atoms with E-state index < -0.39 is 0 Å². The zero-order chi connectivity index (χ0) is 16.1. The molecule has 2 aromatic rings. The first-order chi connectivity index (χ1) is 11.8. The predicted octanol–water partition coefficient (Wildman–Crippen LogP) is 3.40. The lowest BCUT2D eigenvalue weighted by Gasteiger charge is -2.23. The molecule has 0 bridgehead atoms. The molecule has 2 aromatic heterocycles. The Hall–Kier alpha value is -1.05. The third kappa shape index (κ3) is 3.11. The largest absolute Gasteiger partial charge is 0.360 e. The summed E-state index contributed by atoms with van der Waals surface area (Å²) in [7, 11) is 0. The van der Waals surface area contributed by atoms with Gasteiger partial charge in [0.1, 0.15) is 10.7 Å². The molecule has 1 saturated carbocycles. The summed E-state index contributed by atoms with van der Waals surface area (Å²) in [6.45, 7) is 0. The Morgan fingerprint density at radius 3 is 2.96 bits per heavy atom. The van der Waals surface area contributed by atoms with Gasteiger partial charge in [-0.15, -0.1) is 23.7 Å². The number of amidine groups is 1. The summed E-state index contributed by atoms with van der Waals surface area (Å²) in [6, 6.07) is 0.979. The van der Waals surface area contributed by atoms with E-state index in [4.69, 9.17) is 9.98 Å². The van der Waals surface area contributed by atoms with E-state index in [9.17, 15) is 4.79 Å². The van der Waals surface area contributed by atoms with Crippen LogP contribution in [0.3, 0.4) is 0 Å². The SMILES string of the molecule is Cl.O=c1[nH]c(CSC2=NC3CCCCC3N2)nc2sc3c(c12)CCC3. The van der Waals surface area contributed by atoms with Crippen LogP contribution in [-0.4, -0.2) is 27.2 Å². The van der Waals surface area contributed by atoms with E-state index >= 15 is 0 Å². The summed E-state index contributed by atoms with van der Waals surface area (Å²) in [6.07, 6.45) is 8.31. The maximum atomic E-state index is 12.5. The normalized spacial score (nSPS) is 24.4. The second-order valence-corrected chi connectivity index (χ2v) is 8.92. The van der Waals surface area contributed by atoms with Crippen molar-refractivity contribution >= 4 is 50.9 Å². The Labute approximate surface area is 160 Å². The van der Waals surface area contributed by atoms with Crippen molar-refractivity contribution in [1.82, 2.24) is 15.3 Å². The third-order valence-electron chi connectivity index (χ3n) is 5.29. The molecule has 0 radical (unpaired) electrons. The fraction of sp³-hybridized carbons (Fsp3) is 0.588. The van der Waals surface area contributed by atoms with Crippen molar-refractivity contribution in [2.24, 2.45) is 4.99 Å². The highest BCUT2D eigenvalue weighted by molar-refractivity contribution is 8.13. The van der Waals surface area contributed by atoms with Gasteiger partial charge in [0.15, 0.2) is 5.17 Å². The van der Waals surface area contributed by atoms with E-state index in [0.717, 1.165) is 34.1 Å². The highest BCUT2D eigenvalue weighted by Crippen LogP contribution is 2.34. The van der Waals surface area contributed by atoms with Crippen LogP contribution in [0.5, 0.6) is 0 Å². The van der Waals surface area contributed by atoms with Crippen molar-refractivity contribution in [3.63, 3.8) is 0 Å². The number of aliphatic imine (C=N–C) groups is 1. The molecule has 25 heavy (non-hydrogen) atoms. The van der Waals surface area contributed by atoms with Crippen molar-refractivity contribution < 1.29 is 0 Å². The Balaban J connectivity index is 0.00000157. The first kappa shape index (κ1) is 17.4. The van der Waals surface area contributed by atoms with Gasteiger partial charge in [-0.3, -0.25) is 9.79 Å². The lowest BCUT2D eigenvalue weighted by Crippen LogP contribution is -2.36. The average molecular weight is 397 g/mol. The number of halogens is 1. The second-order valence-electron chi connectivity index (χ2n) is 6.88. The van der Waals surface area contributed by atoms with Crippen molar-refractivity contribution in [2.75, 3.05) is 0 Å². The van der Waals surface area contributed by atoms with Crippen LogP contribution >= 0.6 is 35.5 Å². The molecule has 3 aliphatic rings. The number of thioether (sulfide) groups is 1. The van der Waals surface area contributed by atoms with E-state index in [-0.39, 0.29) is 18.0 Å². The topological polar surface area (TPSA) is 70.1 Å². The lowest BCUT2D eigenvalue weighted by molar-refractivity contribution is 0.385. The van der Waals surface area contributed by atoms with E-state index in [1.807, 2.05) is 0 Å². The predicted molar refractivity (Wildman–Crippen MR) is 107 cm³/mol. The van der Waals surface area contributed by atoms with Gasteiger partial charge >= 0.3 is 0 Å². The number of nitrogens with one attached hydrogen (secondary N) is 2. The first-order valence-corrected chi connectivity index (χ1v) is 10.6. The smallest absolute Gasteiger partial charge is 0.259 e. The van der Waals surface area contributed by atoms with Crippen molar-refractivity contribution in [2.45, 2.75) is 62.8 Å². The van der Waals surface area contributed by atoms with Gasteiger partial charge in [-0.25, -0.2) is 4.98 Å². The van der Waals surface area contributed by atoms with Crippen LogP contribution in [-0.2, 0) is 18.6 Å². The van der Waals surface area contributed by atoms with Gasteiger partial charge in [0.05, 0.1) is 23.2 Å². The van der Waals surface area contributed by atoms with Gasteiger partial charge < -0.3 is 10.3 Å². The molecule has 3 heterocycles. The molecule has 2 N–H and O–H groups in total. The molecule has 5 nitrogen and oxygen atoms in total. The standard InChI is InChI=1S/C17H20N4OS2.ClH/c22-15-14-9-4-3-7-12(9)24-16(14)21-13(20-15)8-23-17-18-10-5-1-2-6-11(10)19-17;/h10-11H,1-8H2,(H,18,19)(H,20,21,22);1H. The van der Waals surface area contributed by atoms with Crippen LogP contribution in [0.25, 0.3) is 10.2 Å². The number of hydrogen-bond acceptors (Lipinski definition) is 6. The number of aromatic nitrogens is 2. The number of H-pyrrole nitrogens is 1. The van der Waals surface area contributed by atoms with Gasteiger partial charge in [0.2, 0.25) is 0 Å². The van der Waals surface area contributed by atoms with Gasteiger partial charge in [0, 0.05) is 4.88 Å². The maximum absolute atomic E-state index is 12.5. The third-order valence-corrected chi connectivity index (χ3v) is 7.39. The van der Waals surface area contributed by atoms with Gasteiger partial charge in [-0.2, -0.15) is 0 Å². The molecule has 5 rings (SSSR count). The van der Waals surface area contributed by atoms with Crippen LogP contribution in [0.2, 0.25) is 0 Å². The van der Waals surface area contributed by atoms with Crippen LogP contribution in [0.4, 0.5) is 0 Å². The molecule has 134 valence electrons. The van der Waals surface area contributed by atoms with Crippen LogP contribution in [0.1, 0.15) is 48.4 Å². The number of nitrogens with zero attached hydrogens (tertiary/aromatic N) is 2.